The van der Waals surface area contributed by atoms with E-state index in [9.17, 15) is 19.5 Å². The summed E-state index contributed by atoms with van der Waals surface area (Å²) in [4.78, 5) is 38.3. The lowest BCUT2D eigenvalue weighted by Crippen LogP contribution is -2.56. The molecule has 1 aromatic rings. The molecular weight excluding hydrogens is 332 g/mol. The van der Waals surface area contributed by atoms with Crippen LogP contribution in [0.4, 0.5) is 0 Å². The maximum Gasteiger partial charge on any atom is 0.329 e. The molecule has 0 unspecified atom stereocenters. The highest BCUT2D eigenvalue weighted by atomic mass is 16.4. The van der Waals surface area contributed by atoms with Crippen LogP contribution in [0.5, 0.6) is 0 Å². The summed E-state index contributed by atoms with van der Waals surface area (Å²) in [6, 6.07) is 7.51. The summed E-state index contributed by atoms with van der Waals surface area (Å²) in [7, 11) is 0. The average Bonchev–Trinajstić information content (AvgIpc) is 2.62. The fourth-order valence-electron chi connectivity index (χ4n) is 4.29. The highest BCUT2D eigenvalue weighted by Gasteiger charge is 2.42. The van der Waals surface area contributed by atoms with Gasteiger partial charge in [0.15, 0.2) is 0 Å². The molecule has 1 aromatic carbocycles. The van der Waals surface area contributed by atoms with E-state index in [1.165, 1.54) is 6.92 Å². The second kappa shape index (κ2) is 7.48. The Kier molecular flexibility index (Phi) is 5.30. The third-order valence-electron chi connectivity index (χ3n) is 5.69. The Hall–Kier alpha value is -2.37. The number of benzene rings is 1. The minimum Gasteiger partial charge on any atom is -0.480 e. The molecule has 1 saturated carbocycles. The first-order chi connectivity index (χ1) is 12.4. The molecule has 6 nitrogen and oxygen atoms in total. The number of carboxylic acids is 1. The zero-order chi connectivity index (χ0) is 18.7. The SMILES string of the molecule is CC(=O)N1CCc2ccccc2[C@H]1CC(=O)NC1(C(=O)O)CCCCC1. The molecule has 140 valence electrons. The topological polar surface area (TPSA) is 86.7 Å². The Balaban J connectivity index is 1.80. The molecule has 1 fully saturated rings. The van der Waals surface area contributed by atoms with Crippen LogP contribution in [0.3, 0.4) is 0 Å². The summed E-state index contributed by atoms with van der Waals surface area (Å²) in [6.07, 6.45) is 4.39. The van der Waals surface area contributed by atoms with Crippen LogP contribution in [-0.2, 0) is 20.8 Å². The smallest absolute Gasteiger partial charge is 0.329 e. The van der Waals surface area contributed by atoms with Crippen molar-refractivity contribution in [3.05, 3.63) is 35.4 Å². The molecule has 3 rings (SSSR count). The Morgan fingerprint density at radius 3 is 2.54 bits per heavy atom. The van der Waals surface area contributed by atoms with Crippen molar-refractivity contribution >= 4 is 17.8 Å². The van der Waals surface area contributed by atoms with E-state index < -0.39 is 11.5 Å². The van der Waals surface area contributed by atoms with E-state index >= 15 is 0 Å². The number of carbonyl (C=O) groups is 3. The second-order valence-corrected chi connectivity index (χ2v) is 7.38. The van der Waals surface area contributed by atoms with Gasteiger partial charge in [-0.15, -0.1) is 0 Å². The first-order valence-electron chi connectivity index (χ1n) is 9.32. The minimum absolute atomic E-state index is 0.0667. The quantitative estimate of drug-likeness (QED) is 0.865. The molecular formula is C20H26N2O4. The molecule has 1 aliphatic carbocycles. The van der Waals surface area contributed by atoms with Crippen LogP contribution in [0.1, 0.15) is 62.6 Å². The summed E-state index contributed by atoms with van der Waals surface area (Å²) >= 11 is 0. The third kappa shape index (κ3) is 3.59. The second-order valence-electron chi connectivity index (χ2n) is 7.38. The van der Waals surface area contributed by atoms with Crippen molar-refractivity contribution in [1.82, 2.24) is 10.2 Å². The zero-order valence-electron chi connectivity index (χ0n) is 15.2. The Morgan fingerprint density at radius 2 is 1.88 bits per heavy atom. The van der Waals surface area contributed by atoms with Gasteiger partial charge < -0.3 is 15.3 Å². The molecule has 0 radical (unpaired) electrons. The van der Waals surface area contributed by atoms with Crippen LogP contribution in [0.15, 0.2) is 24.3 Å². The van der Waals surface area contributed by atoms with Crippen LogP contribution >= 0.6 is 0 Å². The normalized spacial score (nSPS) is 21.6. The number of hydrogen-bond donors (Lipinski definition) is 2. The number of nitrogens with zero attached hydrogens (tertiary/aromatic N) is 1. The van der Waals surface area contributed by atoms with Crippen molar-refractivity contribution in [2.75, 3.05) is 6.54 Å². The van der Waals surface area contributed by atoms with E-state index in [2.05, 4.69) is 5.32 Å². The Labute approximate surface area is 153 Å². The standard InChI is InChI=1S/C20H26N2O4/c1-14(23)22-12-9-15-7-3-4-8-16(15)17(22)13-18(24)21-20(19(25)26)10-5-2-6-11-20/h3-4,7-8,17H,2,5-6,9-13H2,1H3,(H,21,24)(H,25,26)/t17-/m1/s1. The Morgan fingerprint density at radius 1 is 1.19 bits per heavy atom. The van der Waals surface area contributed by atoms with Crippen molar-refractivity contribution in [2.24, 2.45) is 0 Å². The lowest BCUT2D eigenvalue weighted by molar-refractivity contribution is -0.149. The molecule has 0 saturated heterocycles. The summed E-state index contributed by atoms with van der Waals surface area (Å²) < 4.78 is 0. The Bertz CT molecular complexity index is 710. The minimum atomic E-state index is -1.16. The van der Waals surface area contributed by atoms with Gasteiger partial charge in [0.2, 0.25) is 11.8 Å². The molecule has 26 heavy (non-hydrogen) atoms. The fourth-order valence-corrected chi connectivity index (χ4v) is 4.29. The van der Waals surface area contributed by atoms with Crippen molar-refractivity contribution < 1.29 is 19.5 Å². The van der Waals surface area contributed by atoms with Gasteiger partial charge in [0.1, 0.15) is 5.54 Å². The van der Waals surface area contributed by atoms with E-state index in [0.717, 1.165) is 36.8 Å². The summed E-state index contributed by atoms with van der Waals surface area (Å²) in [5.74, 6) is -1.33. The van der Waals surface area contributed by atoms with Crippen LogP contribution < -0.4 is 5.32 Å². The lowest BCUT2D eigenvalue weighted by atomic mass is 9.81. The molecule has 2 amide bonds. The number of carboxylic acid groups (broad SMARTS) is 1. The first-order valence-corrected chi connectivity index (χ1v) is 9.32. The van der Waals surface area contributed by atoms with Gasteiger partial charge in [-0.3, -0.25) is 9.59 Å². The summed E-state index contributed by atoms with van der Waals surface area (Å²) in [6.45, 7) is 2.09. The summed E-state index contributed by atoms with van der Waals surface area (Å²) in [5.41, 5.74) is 0.968. The van der Waals surface area contributed by atoms with E-state index in [4.69, 9.17) is 0 Å². The molecule has 0 spiro atoms. The van der Waals surface area contributed by atoms with Crippen LogP contribution in [0.2, 0.25) is 0 Å². The predicted octanol–water partition coefficient (Wildman–Crippen LogP) is 2.43. The van der Waals surface area contributed by atoms with Gasteiger partial charge >= 0.3 is 5.97 Å². The molecule has 0 aromatic heterocycles. The highest BCUT2D eigenvalue weighted by molar-refractivity contribution is 5.88. The number of rotatable bonds is 4. The van der Waals surface area contributed by atoms with Crippen LogP contribution in [0.25, 0.3) is 0 Å². The predicted molar refractivity (Wildman–Crippen MR) is 96.5 cm³/mol. The van der Waals surface area contributed by atoms with Gasteiger partial charge in [0, 0.05) is 13.5 Å². The van der Waals surface area contributed by atoms with Gasteiger partial charge in [-0.25, -0.2) is 4.79 Å². The van der Waals surface area contributed by atoms with E-state index in [-0.39, 0.29) is 24.3 Å². The van der Waals surface area contributed by atoms with E-state index in [0.29, 0.717) is 19.4 Å². The van der Waals surface area contributed by atoms with Gasteiger partial charge in [-0.05, 0) is 30.4 Å². The van der Waals surface area contributed by atoms with Crippen molar-refractivity contribution in [3.8, 4) is 0 Å². The molecule has 6 heteroatoms. The molecule has 1 aliphatic heterocycles. The van der Waals surface area contributed by atoms with Gasteiger partial charge in [0.25, 0.3) is 0 Å². The number of nitrogens with one attached hydrogen (secondary N) is 1. The molecule has 0 bridgehead atoms. The number of fused-ring (bicyclic) bond motifs is 1. The number of hydrogen-bond acceptors (Lipinski definition) is 3. The maximum atomic E-state index is 12.8. The van der Waals surface area contributed by atoms with Crippen molar-refractivity contribution in [1.29, 1.82) is 0 Å². The fraction of sp³-hybridized carbons (Fsp3) is 0.550. The number of carbonyl (C=O) groups excluding carboxylic acids is 2. The zero-order valence-corrected chi connectivity index (χ0v) is 15.2. The van der Waals surface area contributed by atoms with Crippen LogP contribution in [0, 0.1) is 0 Å². The van der Waals surface area contributed by atoms with Crippen molar-refractivity contribution in [2.45, 2.75) is 63.5 Å². The van der Waals surface area contributed by atoms with Crippen molar-refractivity contribution in [3.63, 3.8) is 0 Å². The molecule has 2 aliphatic rings. The average molecular weight is 358 g/mol. The number of amides is 2. The summed E-state index contributed by atoms with van der Waals surface area (Å²) in [5, 5.41) is 12.5. The van der Waals surface area contributed by atoms with Gasteiger partial charge in [0.05, 0.1) is 12.5 Å². The highest BCUT2D eigenvalue weighted by Crippen LogP contribution is 2.33. The van der Waals surface area contributed by atoms with Gasteiger partial charge in [-0.2, -0.15) is 0 Å². The largest absolute Gasteiger partial charge is 0.480 e. The third-order valence-corrected chi connectivity index (χ3v) is 5.69. The van der Waals surface area contributed by atoms with Gasteiger partial charge in [-0.1, -0.05) is 43.5 Å². The first kappa shape index (κ1) is 18.4. The lowest BCUT2D eigenvalue weighted by Gasteiger charge is -2.38. The molecule has 1 atom stereocenters. The van der Waals surface area contributed by atoms with E-state index in [1.54, 1.807) is 4.90 Å². The molecule has 1 heterocycles. The maximum absolute atomic E-state index is 12.8. The monoisotopic (exact) mass is 358 g/mol. The van der Waals surface area contributed by atoms with Crippen LogP contribution in [-0.4, -0.2) is 39.9 Å². The van der Waals surface area contributed by atoms with E-state index in [1.807, 2.05) is 24.3 Å². The number of aliphatic carboxylic acids is 1. The molecule has 2 N–H and O–H groups in total.